The first kappa shape index (κ1) is 13.8. The lowest BCUT2D eigenvalue weighted by Crippen LogP contribution is -2.40. The predicted octanol–water partition coefficient (Wildman–Crippen LogP) is -1.68. The second kappa shape index (κ2) is 8.31. The first-order valence-corrected chi connectivity index (χ1v) is 3.65. The summed E-state index contributed by atoms with van der Waals surface area (Å²) in [6.45, 7) is 1.26. The molecule has 72 valence electrons. The first-order valence-electron chi connectivity index (χ1n) is 3.02. The Bertz CT molecular complexity index is 153. The van der Waals surface area contributed by atoms with Crippen LogP contribution in [0.4, 0.5) is 0 Å². The van der Waals surface area contributed by atoms with Crippen molar-refractivity contribution >= 4 is 24.5 Å². The molecule has 0 bridgehead atoms. The van der Waals surface area contributed by atoms with Gasteiger partial charge < -0.3 is 10.4 Å². The fourth-order valence-electron chi connectivity index (χ4n) is 0.431. The third-order valence-electron chi connectivity index (χ3n) is 0.858. The van der Waals surface area contributed by atoms with Gasteiger partial charge in [0, 0.05) is 12.7 Å². The van der Waals surface area contributed by atoms with Crippen molar-refractivity contribution in [2.24, 2.45) is 11.7 Å². The van der Waals surface area contributed by atoms with Gasteiger partial charge in [0.25, 0.3) is 0 Å². The minimum absolute atomic E-state index is 0.106. The van der Waals surface area contributed by atoms with E-state index < -0.39 is 12.0 Å². The van der Waals surface area contributed by atoms with Crippen LogP contribution in [0.15, 0.2) is 0 Å². The Hall–Kier alpha value is -0.790. The number of aliphatic carboxylic acids is 1. The number of amides is 1. The molecular formula is C5H13N3O3S. The molecule has 6 N–H and O–H groups in total. The molecule has 0 heterocycles. The average molecular weight is 195 g/mol. The molecule has 7 heteroatoms. The lowest BCUT2D eigenvalue weighted by Gasteiger charge is -2.08. The van der Waals surface area contributed by atoms with Crippen molar-refractivity contribution in [1.82, 2.24) is 5.32 Å². The summed E-state index contributed by atoms with van der Waals surface area (Å²) < 4.78 is 0. The fourth-order valence-corrected chi connectivity index (χ4v) is 0.678. The molecule has 0 aromatic heterocycles. The Kier molecular flexibility index (Phi) is 9.54. The number of nitrogens with two attached hydrogens (primary N) is 2. The Labute approximate surface area is 75.7 Å². The molecule has 1 amide bonds. The largest absolute Gasteiger partial charge is 0.480 e. The Morgan fingerprint density at radius 2 is 2.00 bits per heavy atom. The van der Waals surface area contributed by atoms with Crippen LogP contribution in [-0.2, 0) is 9.59 Å². The van der Waals surface area contributed by atoms with Crippen molar-refractivity contribution < 1.29 is 14.7 Å². The van der Waals surface area contributed by atoms with Crippen LogP contribution in [0.1, 0.15) is 6.92 Å². The molecule has 0 spiro atoms. The van der Waals surface area contributed by atoms with Crippen LogP contribution in [0.2, 0.25) is 0 Å². The average Bonchev–Trinajstić information content (AvgIpc) is 2.03. The summed E-state index contributed by atoms with van der Waals surface area (Å²) in [5, 5.41) is 10.6. The number of thiol groups is 1. The van der Waals surface area contributed by atoms with Gasteiger partial charge in [-0.15, -0.1) is 0 Å². The van der Waals surface area contributed by atoms with E-state index in [0.29, 0.717) is 0 Å². The van der Waals surface area contributed by atoms with Gasteiger partial charge in [0.15, 0.2) is 0 Å². The SMILES string of the molecule is CC(=O)N[C@@H](CS)C(=O)O.NN. The van der Waals surface area contributed by atoms with Gasteiger partial charge in [0.05, 0.1) is 0 Å². The lowest BCUT2D eigenvalue weighted by atomic mass is 10.3. The minimum atomic E-state index is -1.06. The molecule has 0 aliphatic heterocycles. The summed E-state index contributed by atoms with van der Waals surface area (Å²) >= 11 is 3.73. The third-order valence-corrected chi connectivity index (χ3v) is 1.22. The maximum Gasteiger partial charge on any atom is 0.327 e. The molecule has 0 aromatic carbocycles. The highest BCUT2D eigenvalue weighted by atomic mass is 32.1. The standard InChI is InChI=1S/C5H9NO3S.H4N2/c1-3(7)6-4(2-10)5(8)9;1-2/h4,10H,2H2,1H3,(H,6,7)(H,8,9);1-2H2/t4-;/m0./s1. The molecule has 6 nitrogen and oxygen atoms in total. The summed E-state index contributed by atoms with van der Waals surface area (Å²) in [7, 11) is 0. The number of rotatable bonds is 3. The highest BCUT2D eigenvalue weighted by Gasteiger charge is 2.14. The summed E-state index contributed by atoms with van der Waals surface area (Å²) in [4.78, 5) is 20.5. The van der Waals surface area contributed by atoms with E-state index in [4.69, 9.17) is 5.11 Å². The van der Waals surface area contributed by atoms with Gasteiger partial charge in [-0.25, -0.2) is 4.79 Å². The topological polar surface area (TPSA) is 118 Å². The molecule has 0 aliphatic carbocycles. The number of carbonyl (C=O) groups is 2. The summed E-state index contributed by atoms with van der Waals surface area (Å²) in [5.74, 6) is 6.68. The molecule has 1 atom stereocenters. The van der Waals surface area contributed by atoms with Crippen molar-refractivity contribution in [3.8, 4) is 0 Å². The van der Waals surface area contributed by atoms with Gasteiger partial charge in [-0.2, -0.15) is 12.6 Å². The van der Waals surface area contributed by atoms with Gasteiger partial charge in [0.2, 0.25) is 5.91 Å². The number of hydrazine groups is 1. The van der Waals surface area contributed by atoms with Gasteiger partial charge in [0.1, 0.15) is 6.04 Å². The fraction of sp³-hybridized carbons (Fsp3) is 0.600. The summed E-state index contributed by atoms with van der Waals surface area (Å²) in [6, 6.07) is -0.874. The molecular weight excluding hydrogens is 182 g/mol. The maximum absolute atomic E-state index is 10.3. The van der Waals surface area contributed by atoms with E-state index in [0.717, 1.165) is 0 Å². The predicted molar refractivity (Wildman–Crippen MR) is 47.5 cm³/mol. The summed E-state index contributed by atoms with van der Waals surface area (Å²) in [6.07, 6.45) is 0. The Morgan fingerprint density at radius 1 is 1.58 bits per heavy atom. The van der Waals surface area contributed by atoms with E-state index in [1.54, 1.807) is 0 Å². The smallest absolute Gasteiger partial charge is 0.327 e. The van der Waals surface area contributed by atoms with Crippen molar-refractivity contribution in [2.45, 2.75) is 13.0 Å². The van der Waals surface area contributed by atoms with E-state index in [9.17, 15) is 9.59 Å². The quantitative estimate of drug-likeness (QED) is 0.209. The normalized spacial score (nSPS) is 10.7. The second-order valence-corrected chi connectivity index (χ2v) is 2.14. The van der Waals surface area contributed by atoms with Crippen LogP contribution in [0.25, 0.3) is 0 Å². The van der Waals surface area contributed by atoms with Gasteiger partial charge in [-0.1, -0.05) is 0 Å². The molecule has 0 saturated carbocycles. The zero-order valence-electron chi connectivity index (χ0n) is 6.65. The van der Waals surface area contributed by atoms with Crippen LogP contribution < -0.4 is 17.0 Å². The lowest BCUT2D eigenvalue weighted by molar-refractivity contribution is -0.140. The molecule has 0 rings (SSSR count). The molecule has 0 saturated heterocycles. The van der Waals surface area contributed by atoms with Crippen molar-refractivity contribution in [3.63, 3.8) is 0 Å². The third kappa shape index (κ3) is 7.32. The van der Waals surface area contributed by atoms with E-state index in [1.807, 2.05) is 0 Å². The van der Waals surface area contributed by atoms with E-state index in [-0.39, 0.29) is 11.7 Å². The van der Waals surface area contributed by atoms with Crippen LogP contribution in [0.3, 0.4) is 0 Å². The summed E-state index contributed by atoms with van der Waals surface area (Å²) in [5.41, 5.74) is 0. The number of hydrogen-bond acceptors (Lipinski definition) is 5. The van der Waals surface area contributed by atoms with Gasteiger partial charge >= 0.3 is 5.97 Å². The van der Waals surface area contributed by atoms with Crippen molar-refractivity contribution in [3.05, 3.63) is 0 Å². The Balaban J connectivity index is 0. The molecule has 0 aromatic rings. The zero-order valence-corrected chi connectivity index (χ0v) is 7.54. The van der Waals surface area contributed by atoms with Crippen LogP contribution in [0.5, 0.6) is 0 Å². The van der Waals surface area contributed by atoms with Crippen molar-refractivity contribution in [2.75, 3.05) is 5.75 Å². The minimum Gasteiger partial charge on any atom is -0.480 e. The number of carboxylic acid groups (broad SMARTS) is 1. The van der Waals surface area contributed by atoms with Crippen molar-refractivity contribution in [1.29, 1.82) is 0 Å². The first-order chi connectivity index (χ1) is 5.57. The second-order valence-electron chi connectivity index (χ2n) is 1.77. The number of carbonyl (C=O) groups excluding carboxylic acids is 1. The maximum atomic E-state index is 10.3. The van der Waals surface area contributed by atoms with E-state index >= 15 is 0 Å². The highest BCUT2D eigenvalue weighted by Crippen LogP contribution is 1.86. The Morgan fingerprint density at radius 3 is 2.08 bits per heavy atom. The molecule has 0 unspecified atom stereocenters. The number of nitrogens with one attached hydrogen (secondary N) is 1. The molecule has 0 fully saturated rings. The van der Waals surface area contributed by atoms with Crippen LogP contribution >= 0.6 is 12.6 Å². The molecule has 0 radical (unpaired) electrons. The highest BCUT2D eigenvalue weighted by molar-refractivity contribution is 7.80. The van der Waals surface area contributed by atoms with Crippen LogP contribution in [-0.4, -0.2) is 28.8 Å². The zero-order chi connectivity index (χ0) is 10.1. The van der Waals surface area contributed by atoms with E-state index in [1.165, 1.54) is 6.92 Å². The monoisotopic (exact) mass is 195 g/mol. The number of hydrogen-bond donors (Lipinski definition) is 5. The van der Waals surface area contributed by atoms with Gasteiger partial charge in [-0.3, -0.25) is 16.5 Å². The number of carboxylic acids is 1. The van der Waals surface area contributed by atoms with Crippen LogP contribution in [0, 0.1) is 0 Å². The van der Waals surface area contributed by atoms with Gasteiger partial charge in [-0.05, 0) is 0 Å². The molecule has 12 heavy (non-hydrogen) atoms. The van der Waals surface area contributed by atoms with E-state index in [2.05, 4.69) is 29.6 Å². The molecule has 0 aliphatic rings.